The lowest BCUT2D eigenvalue weighted by atomic mass is 10.0. The maximum absolute atomic E-state index is 12.5. The lowest BCUT2D eigenvalue weighted by molar-refractivity contribution is 0.102. The molecule has 5 heteroatoms. The van der Waals surface area contributed by atoms with Gasteiger partial charge in [0.15, 0.2) is 0 Å². The molecule has 0 spiro atoms. The molecule has 0 bridgehead atoms. The van der Waals surface area contributed by atoms with E-state index in [1.807, 2.05) is 23.9 Å². The van der Waals surface area contributed by atoms with Gasteiger partial charge in [0.25, 0.3) is 5.91 Å². The van der Waals surface area contributed by atoms with Gasteiger partial charge in [0.05, 0.1) is 5.56 Å². The smallest absolute Gasteiger partial charge is 0.257 e. The Hall–Kier alpha value is -1.65. The first-order chi connectivity index (χ1) is 13.0. The molecule has 0 radical (unpaired) electrons. The molecule has 0 saturated carbocycles. The normalized spacial score (nSPS) is 11.9. The highest BCUT2D eigenvalue weighted by Gasteiger charge is 2.11. The zero-order valence-electron chi connectivity index (χ0n) is 16.3. The fraction of sp³-hybridized carbons (Fsp3) is 0.409. The van der Waals surface area contributed by atoms with Gasteiger partial charge in [-0.05, 0) is 60.6 Å². The van der Waals surface area contributed by atoms with Crippen molar-refractivity contribution in [3.05, 3.63) is 53.1 Å². The highest BCUT2D eigenvalue weighted by Crippen LogP contribution is 2.24. The lowest BCUT2D eigenvalue weighted by Gasteiger charge is -2.11. The van der Waals surface area contributed by atoms with Gasteiger partial charge >= 0.3 is 0 Å². The average Bonchev–Trinajstić information content (AvgIpc) is 2.68. The predicted molar refractivity (Wildman–Crippen MR) is 119 cm³/mol. The molecule has 2 N–H and O–H groups in total. The number of rotatable bonds is 10. The Morgan fingerprint density at radius 1 is 1.15 bits per heavy atom. The molecule has 27 heavy (non-hydrogen) atoms. The third kappa shape index (κ3) is 7.11. The molecule has 2 rings (SSSR count). The SMILES string of the molecule is CC[C@@H](C)CCCCSc1ccc(NC(=O)c2ccc(Cl)cc2NC)cc1. The number of hydrogen-bond acceptors (Lipinski definition) is 3. The number of thioether (sulfide) groups is 1. The van der Waals surface area contributed by atoms with Crippen LogP contribution in [-0.2, 0) is 0 Å². The van der Waals surface area contributed by atoms with Crippen LogP contribution in [0.2, 0.25) is 5.02 Å². The van der Waals surface area contributed by atoms with Crippen LogP contribution in [0.4, 0.5) is 11.4 Å². The molecule has 3 nitrogen and oxygen atoms in total. The Balaban J connectivity index is 1.84. The number of halogens is 1. The van der Waals surface area contributed by atoms with Crippen molar-refractivity contribution in [1.82, 2.24) is 0 Å². The van der Waals surface area contributed by atoms with Gasteiger partial charge in [-0.2, -0.15) is 0 Å². The highest BCUT2D eigenvalue weighted by atomic mass is 35.5. The zero-order chi connectivity index (χ0) is 19.6. The maximum atomic E-state index is 12.5. The van der Waals surface area contributed by atoms with Crippen LogP contribution in [0.5, 0.6) is 0 Å². The van der Waals surface area contributed by atoms with E-state index < -0.39 is 0 Å². The molecule has 2 aromatic carbocycles. The Morgan fingerprint density at radius 2 is 1.89 bits per heavy atom. The van der Waals surface area contributed by atoms with Crippen LogP contribution in [-0.4, -0.2) is 18.7 Å². The van der Waals surface area contributed by atoms with Gasteiger partial charge < -0.3 is 10.6 Å². The molecule has 1 atom stereocenters. The molecule has 0 fully saturated rings. The summed E-state index contributed by atoms with van der Waals surface area (Å²) in [5.41, 5.74) is 2.07. The van der Waals surface area contributed by atoms with Gasteiger partial charge in [0, 0.05) is 28.3 Å². The summed E-state index contributed by atoms with van der Waals surface area (Å²) in [6.45, 7) is 4.58. The number of unbranched alkanes of at least 4 members (excludes halogenated alkanes) is 1. The molecule has 0 aliphatic carbocycles. The van der Waals surface area contributed by atoms with Crippen LogP contribution in [0.15, 0.2) is 47.4 Å². The number of amides is 1. The molecule has 2 aromatic rings. The highest BCUT2D eigenvalue weighted by molar-refractivity contribution is 7.99. The maximum Gasteiger partial charge on any atom is 0.257 e. The van der Waals surface area contributed by atoms with Crippen molar-refractivity contribution >= 4 is 40.6 Å². The summed E-state index contributed by atoms with van der Waals surface area (Å²) in [5, 5.41) is 6.55. The van der Waals surface area contributed by atoms with Crippen molar-refractivity contribution < 1.29 is 4.79 Å². The van der Waals surface area contributed by atoms with Crippen molar-refractivity contribution in [2.24, 2.45) is 5.92 Å². The minimum atomic E-state index is -0.151. The van der Waals surface area contributed by atoms with Gasteiger partial charge in [-0.1, -0.05) is 44.7 Å². The molecule has 0 saturated heterocycles. The van der Waals surface area contributed by atoms with Crippen LogP contribution in [0.25, 0.3) is 0 Å². The summed E-state index contributed by atoms with van der Waals surface area (Å²) >= 11 is 7.86. The first-order valence-electron chi connectivity index (χ1n) is 9.55. The van der Waals surface area contributed by atoms with Gasteiger partial charge in [-0.3, -0.25) is 4.79 Å². The quantitative estimate of drug-likeness (QED) is 0.332. The monoisotopic (exact) mass is 404 g/mol. The lowest BCUT2D eigenvalue weighted by Crippen LogP contribution is -2.13. The van der Waals surface area contributed by atoms with Gasteiger partial charge in [0.1, 0.15) is 0 Å². The largest absolute Gasteiger partial charge is 0.387 e. The average molecular weight is 405 g/mol. The van der Waals surface area contributed by atoms with Gasteiger partial charge in [-0.25, -0.2) is 0 Å². The summed E-state index contributed by atoms with van der Waals surface area (Å²) in [5.74, 6) is 1.82. The standard InChI is InChI=1S/C22H29ClN2OS/c1-4-16(2)7-5-6-14-27-19-11-9-18(10-12-19)25-22(26)20-13-8-17(23)15-21(20)24-3/h8-13,15-16,24H,4-7,14H2,1-3H3,(H,25,26)/t16-/m1/s1. The van der Waals surface area contributed by atoms with E-state index >= 15 is 0 Å². The Morgan fingerprint density at radius 3 is 2.56 bits per heavy atom. The van der Waals surface area contributed by atoms with Crippen LogP contribution < -0.4 is 10.6 Å². The van der Waals surface area contributed by atoms with E-state index in [0.29, 0.717) is 16.3 Å². The van der Waals surface area contributed by atoms with Crippen molar-refractivity contribution in [2.45, 2.75) is 44.4 Å². The Bertz CT molecular complexity index is 734. The van der Waals surface area contributed by atoms with E-state index in [0.717, 1.165) is 17.4 Å². The molecule has 0 unspecified atom stereocenters. The van der Waals surface area contributed by atoms with E-state index in [2.05, 4.69) is 36.6 Å². The van der Waals surface area contributed by atoms with E-state index in [4.69, 9.17) is 11.6 Å². The van der Waals surface area contributed by atoms with Crippen LogP contribution in [0.3, 0.4) is 0 Å². The molecule has 0 aliphatic heterocycles. The zero-order valence-corrected chi connectivity index (χ0v) is 17.9. The molecule has 0 aliphatic rings. The predicted octanol–water partition coefficient (Wildman–Crippen LogP) is 6.94. The number of anilines is 2. The first kappa shape index (κ1) is 21.6. The fourth-order valence-corrected chi connectivity index (χ4v) is 3.83. The Labute approximate surface area is 172 Å². The number of hydrogen-bond donors (Lipinski definition) is 2. The van der Waals surface area contributed by atoms with E-state index in [-0.39, 0.29) is 5.91 Å². The van der Waals surface area contributed by atoms with Gasteiger partial charge in [-0.15, -0.1) is 11.8 Å². The minimum absolute atomic E-state index is 0.151. The van der Waals surface area contributed by atoms with Crippen LogP contribution >= 0.6 is 23.4 Å². The minimum Gasteiger partial charge on any atom is -0.387 e. The van der Waals surface area contributed by atoms with Crippen molar-refractivity contribution in [3.8, 4) is 0 Å². The number of carbonyl (C=O) groups is 1. The van der Waals surface area contributed by atoms with E-state index in [1.54, 1.807) is 25.2 Å². The second-order valence-electron chi connectivity index (χ2n) is 6.78. The van der Waals surface area contributed by atoms with Crippen LogP contribution in [0, 0.1) is 5.92 Å². The van der Waals surface area contributed by atoms with Gasteiger partial charge in [0.2, 0.25) is 0 Å². The fourth-order valence-electron chi connectivity index (χ4n) is 2.74. The molecular formula is C22H29ClN2OS. The summed E-state index contributed by atoms with van der Waals surface area (Å²) in [6.07, 6.45) is 5.13. The summed E-state index contributed by atoms with van der Waals surface area (Å²) in [4.78, 5) is 13.7. The summed E-state index contributed by atoms with van der Waals surface area (Å²) in [7, 11) is 1.78. The second-order valence-corrected chi connectivity index (χ2v) is 8.38. The summed E-state index contributed by atoms with van der Waals surface area (Å²) < 4.78 is 0. The molecule has 0 aromatic heterocycles. The van der Waals surface area contributed by atoms with E-state index in [1.165, 1.54) is 30.6 Å². The Kier molecular flexibility index (Phi) is 9.02. The number of nitrogens with one attached hydrogen (secondary N) is 2. The summed E-state index contributed by atoms with van der Waals surface area (Å²) in [6, 6.07) is 13.2. The molecule has 0 heterocycles. The van der Waals surface area contributed by atoms with Crippen LogP contribution in [0.1, 0.15) is 49.9 Å². The first-order valence-corrected chi connectivity index (χ1v) is 10.9. The third-order valence-corrected chi connectivity index (χ3v) is 6.00. The third-order valence-electron chi connectivity index (χ3n) is 4.66. The second kappa shape index (κ2) is 11.3. The number of carbonyl (C=O) groups excluding carboxylic acids is 1. The van der Waals surface area contributed by atoms with Crippen molar-refractivity contribution in [2.75, 3.05) is 23.4 Å². The van der Waals surface area contributed by atoms with E-state index in [9.17, 15) is 4.79 Å². The molecule has 1 amide bonds. The molecular weight excluding hydrogens is 376 g/mol. The molecule has 146 valence electrons. The topological polar surface area (TPSA) is 41.1 Å². The van der Waals surface area contributed by atoms with Crippen molar-refractivity contribution in [3.63, 3.8) is 0 Å². The number of benzene rings is 2. The van der Waals surface area contributed by atoms with Crippen molar-refractivity contribution in [1.29, 1.82) is 0 Å².